The quantitative estimate of drug-likeness (QED) is 0.369. The van der Waals surface area contributed by atoms with Crippen LogP contribution in [-0.2, 0) is 0 Å². The number of aliphatic hydroxyl groups excluding tert-OH is 1. The van der Waals surface area contributed by atoms with Gasteiger partial charge in [0.25, 0.3) is 0 Å². The number of hydrogen-bond acceptors (Lipinski definition) is 3. The normalized spacial score (nSPS) is 8.36. The zero-order chi connectivity index (χ0) is 8.69. The Hall–Kier alpha value is -0.900. The number of hydrogen-bond donors (Lipinski definition) is 3. The van der Waals surface area contributed by atoms with Crippen LogP contribution >= 0.6 is 0 Å². The van der Waals surface area contributed by atoms with Gasteiger partial charge >= 0.3 is 0 Å². The Bertz CT molecular complexity index is 221. The predicted octanol–water partition coefficient (Wildman–Crippen LogP) is -0.0250. The molecule has 0 radical (unpaired) electrons. The van der Waals surface area contributed by atoms with Crippen LogP contribution in [0.4, 0.5) is 0 Å². The first kappa shape index (κ1) is 10.1. The molecule has 2 aliphatic carbocycles. The molecule has 11 heavy (non-hydrogen) atoms. The molecule has 0 bridgehead atoms. The van der Waals surface area contributed by atoms with Gasteiger partial charge in [0.15, 0.2) is 0 Å². The summed E-state index contributed by atoms with van der Waals surface area (Å²) in [5.74, 6) is 4.60. The minimum Gasteiger partial charge on any atom is -0.400 e. The Balaban J connectivity index is 0.000000176. The average Bonchev–Trinajstić information content (AvgIpc) is 2.02. The third-order valence-corrected chi connectivity index (χ3v) is 1.22. The smallest absolute Gasteiger partial charge is 0.0319 e. The van der Waals surface area contributed by atoms with Crippen LogP contribution in [0.15, 0.2) is 24.3 Å². The highest BCUT2D eigenvalue weighted by atomic mass is 16.2. The van der Waals surface area contributed by atoms with Crippen molar-refractivity contribution in [3.05, 3.63) is 34.7 Å². The van der Waals surface area contributed by atoms with Gasteiger partial charge in [-0.25, -0.2) is 0 Å². The first-order valence-corrected chi connectivity index (χ1v) is 3.31. The maximum Gasteiger partial charge on any atom is 0.0319 e. The first-order valence-electron chi connectivity index (χ1n) is 3.31. The third-order valence-electron chi connectivity index (χ3n) is 1.22. The molecule has 0 heterocycles. The third kappa shape index (κ3) is 2.67. The zero-order valence-corrected chi connectivity index (χ0v) is 6.83. The summed E-state index contributed by atoms with van der Waals surface area (Å²) < 4.78 is 0. The molecule has 2 aliphatic rings. The first-order chi connectivity index (χ1) is 5.38. The number of rotatable bonds is 0. The second-order valence-corrected chi connectivity index (χ2v) is 1.87. The molecule has 0 spiro atoms. The van der Waals surface area contributed by atoms with E-state index in [0.717, 1.165) is 7.11 Å². The van der Waals surface area contributed by atoms with Crippen molar-refractivity contribution < 1.29 is 5.11 Å². The van der Waals surface area contributed by atoms with E-state index in [0.29, 0.717) is 0 Å². The minimum absolute atomic E-state index is 1.00. The van der Waals surface area contributed by atoms with Gasteiger partial charge in [0.05, 0.1) is 0 Å². The fourth-order valence-corrected chi connectivity index (χ4v) is 0.663. The summed E-state index contributed by atoms with van der Waals surface area (Å²) in [5.41, 5.74) is 2.25. The highest BCUT2D eigenvalue weighted by molar-refractivity contribution is 5.22. The molecule has 3 nitrogen and oxygen atoms in total. The molecule has 0 aliphatic heterocycles. The lowest BCUT2D eigenvalue weighted by atomic mass is 10.1. The maximum absolute atomic E-state index is 7.00. The van der Waals surface area contributed by atoms with E-state index in [2.05, 4.69) is 35.5 Å². The molecule has 0 saturated carbocycles. The van der Waals surface area contributed by atoms with Gasteiger partial charge in [0, 0.05) is 7.11 Å². The van der Waals surface area contributed by atoms with Crippen LogP contribution in [0.3, 0.4) is 0 Å². The van der Waals surface area contributed by atoms with Crippen LogP contribution in [0.2, 0.25) is 0 Å². The molecule has 0 aromatic rings. The summed E-state index contributed by atoms with van der Waals surface area (Å²) in [5, 5.41) is 9.85. The van der Waals surface area contributed by atoms with E-state index >= 15 is 0 Å². The summed E-state index contributed by atoms with van der Waals surface area (Å²) in [7, 11) is 2.65. The van der Waals surface area contributed by atoms with Gasteiger partial charge in [0.1, 0.15) is 0 Å². The maximum atomic E-state index is 7.00. The van der Waals surface area contributed by atoms with E-state index in [4.69, 9.17) is 5.11 Å². The lowest BCUT2D eigenvalue weighted by Crippen LogP contribution is -2.13. The molecule has 0 aromatic heterocycles. The molecule has 2 rings (SSSR count). The van der Waals surface area contributed by atoms with Crippen molar-refractivity contribution in [1.29, 1.82) is 0 Å². The topological polar surface area (TPSA) is 58.3 Å². The van der Waals surface area contributed by atoms with Gasteiger partial charge in [-0.3, -0.25) is 11.3 Å². The molecule has 3 heteroatoms. The standard InChI is InChI=1S/C6H4.CH6N2.CH4O/c1-2-6-4-3-5(1)6;1-3-2;1-2/h1-4H;3H,2H2,1H3;2H,1H3. The van der Waals surface area contributed by atoms with Crippen LogP contribution in [0.25, 0.3) is 0 Å². The lowest BCUT2D eigenvalue weighted by Gasteiger charge is -1.95. The Morgan fingerprint density at radius 3 is 1.27 bits per heavy atom. The van der Waals surface area contributed by atoms with E-state index in [9.17, 15) is 0 Å². The van der Waals surface area contributed by atoms with E-state index < -0.39 is 0 Å². The SMILES string of the molecule is CNN.CO.c1cc2ccc1=2. The van der Waals surface area contributed by atoms with E-state index in [-0.39, 0.29) is 0 Å². The van der Waals surface area contributed by atoms with Crippen LogP contribution in [0, 0.1) is 10.4 Å². The number of hydrazine groups is 1. The van der Waals surface area contributed by atoms with Gasteiger partial charge in [-0.1, -0.05) is 24.3 Å². The Morgan fingerprint density at radius 2 is 1.27 bits per heavy atom. The van der Waals surface area contributed by atoms with Crippen molar-refractivity contribution >= 4 is 0 Å². The molecule has 0 saturated heterocycles. The number of nitrogens with two attached hydrogens (primary N) is 1. The summed E-state index contributed by atoms with van der Waals surface area (Å²) in [6.07, 6.45) is 0. The molecule has 0 atom stereocenters. The highest BCUT2D eigenvalue weighted by Crippen LogP contribution is 2.04. The summed E-state index contributed by atoms with van der Waals surface area (Å²) in [4.78, 5) is 0. The molecule has 62 valence electrons. The molecule has 4 N–H and O–H groups in total. The van der Waals surface area contributed by atoms with Crippen LogP contribution < -0.4 is 11.3 Å². The minimum atomic E-state index is 1.00. The molecule has 0 aromatic carbocycles. The average molecular weight is 154 g/mol. The molecule has 0 unspecified atom stereocenters. The fourth-order valence-electron chi connectivity index (χ4n) is 0.663. The van der Waals surface area contributed by atoms with Crippen LogP contribution in [0.5, 0.6) is 0 Å². The highest BCUT2D eigenvalue weighted by Gasteiger charge is 1.88. The van der Waals surface area contributed by atoms with Gasteiger partial charge in [-0.15, -0.1) is 0 Å². The van der Waals surface area contributed by atoms with Gasteiger partial charge in [-0.05, 0) is 17.5 Å². The number of benzene rings is 1. The zero-order valence-electron chi connectivity index (χ0n) is 6.83. The molecule has 0 amide bonds. The van der Waals surface area contributed by atoms with Crippen molar-refractivity contribution in [2.75, 3.05) is 14.2 Å². The molecular formula is C8H14N2O. The Kier molecular flexibility index (Phi) is 5.37. The largest absolute Gasteiger partial charge is 0.400 e. The Labute approximate surface area is 66.1 Å². The summed E-state index contributed by atoms with van der Waals surface area (Å²) in [6.45, 7) is 0. The van der Waals surface area contributed by atoms with Crippen molar-refractivity contribution in [2.45, 2.75) is 0 Å². The molecular weight excluding hydrogens is 140 g/mol. The predicted molar refractivity (Wildman–Crippen MR) is 45.5 cm³/mol. The van der Waals surface area contributed by atoms with Crippen molar-refractivity contribution in [1.82, 2.24) is 5.43 Å². The van der Waals surface area contributed by atoms with Gasteiger partial charge < -0.3 is 5.11 Å². The fraction of sp³-hybridized carbons (Fsp3) is 0.250. The van der Waals surface area contributed by atoms with E-state index in [1.165, 1.54) is 10.4 Å². The van der Waals surface area contributed by atoms with E-state index in [1.54, 1.807) is 7.05 Å². The molecule has 0 fully saturated rings. The van der Waals surface area contributed by atoms with Crippen molar-refractivity contribution in [2.24, 2.45) is 5.84 Å². The number of nitrogens with one attached hydrogen (secondary N) is 1. The summed E-state index contributed by atoms with van der Waals surface area (Å²) >= 11 is 0. The number of aliphatic hydroxyl groups is 1. The second kappa shape index (κ2) is 5.85. The summed E-state index contributed by atoms with van der Waals surface area (Å²) in [6, 6.07) is 8.48. The monoisotopic (exact) mass is 154 g/mol. The van der Waals surface area contributed by atoms with Crippen molar-refractivity contribution in [3.8, 4) is 0 Å². The lowest BCUT2D eigenvalue weighted by molar-refractivity contribution is 0.399. The van der Waals surface area contributed by atoms with Gasteiger partial charge in [0.2, 0.25) is 0 Å². The van der Waals surface area contributed by atoms with Crippen molar-refractivity contribution in [3.63, 3.8) is 0 Å². The van der Waals surface area contributed by atoms with Crippen LogP contribution in [-0.4, -0.2) is 19.3 Å². The van der Waals surface area contributed by atoms with Gasteiger partial charge in [-0.2, -0.15) is 0 Å². The Morgan fingerprint density at radius 1 is 1.09 bits per heavy atom. The van der Waals surface area contributed by atoms with Crippen LogP contribution in [0.1, 0.15) is 0 Å². The second-order valence-electron chi connectivity index (χ2n) is 1.87. The van der Waals surface area contributed by atoms with E-state index in [1.807, 2.05) is 0 Å².